The largest absolute Gasteiger partial charge is 0.508 e. The second-order valence-electron chi connectivity index (χ2n) is 13.9. The Balaban J connectivity index is 1.09. The summed E-state index contributed by atoms with van der Waals surface area (Å²) in [5.74, 6) is 3.14. The molecule has 49 heavy (non-hydrogen) atoms. The van der Waals surface area contributed by atoms with E-state index in [1.54, 1.807) is 36.5 Å². The van der Waals surface area contributed by atoms with Gasteiger partial charge in [-0.2, -0.15) is 0 Å². The number of fused-ring (bicyclic) bond motifs is 1. The average Bonchev–Trinajstić information content (AvgIpc) is 3.76. The van der Waals surface area contributed by atoms with Crippen molar-refractivity contribution in [1.82, 2.24) is 19.8 Å². The van der Waals surface area contributed by atoms with E-state index >= 15 is 0 Å². The van der Waals surface area contributed by atoms with Crippen LogP contribution in [0.2, 0.25) is 0 Å². The number of ether oxygens (including phenoxy) is 3. The summed E-state index contributed by atoms with van der Waals surface area (Å²) in [7, 11) is 5.52. The number of methoxy groups -OCH3 is 1. The topological polar surface area (TPSA) is 121 Å². The quantitative estimate of drug-likeness (QED) is 0.337. The van der Waals surface area contributed by atoms with Crippen molar-refractivity contribution in [1.29, 1.82) is 0 Å². The lowest BCUT2D eigenvalue weighted by Gasteiger charge is -2.37. The highest BCUT2D eigenvalue weighted by atomic mass is 16.5. The van der Waals surface area contributed by atoms with Crippen molar-refractivity contribution in [2.45, 2.75) is 63.1 Å². The molecule has 1 saturated carbocycles. The van der Waals surface area contributed by atoms with Crippen molar-refractivity contribution in [2.75, 3.05) is 64.0 Å². The Hall–Kier alpha value is -4.42. The number of phenols is 1. The SMILES string of the molecule is COc1cc2c(cc1OCC1CCCO1)C(c1ccc(O)cc1)N(c1cnc(N(C)CC3CCC(N4CC(=O)N(C)C4)CC3)cn1)C(=O)C2. The van der Waals surface area contributed by atoms with Crippen molar-refractivity contribution in [3.63, 3.8) is 0 Å². The molecule has 7 rings (SSSR count). The highest BCUT2D eigenvalue weighted by Gasteiger charge is 2.37. The summed E-state index contributed by atoms with van der Waals surface area (Å²) < 4.78 is 17.7. The fourth-order valence-corrected chi connectivity index (χ4v) is 7.78. The van der Waals surface area contributed by atoms with Gasteiger partial charge in [-0.3, -0.25) is 19.4 Å². The van der Waals surface area contributed by atoms with E-state index in [0.29, 0.717) is 42.4 Å². The molecule has 12 heteroatoms. The van der Waals surface area contributed by atoms with Gasteiger partial charge < -0.3 is 29.1 Å². The molecule has 0 radical (unpaired) electrons. The fraction of sp³-hybridized carbons (Fsp3) is 0.514. The van der Waals surface area contributed by atoms with E-state index in [2.05, 4.69) is 9.80 Å². The smallest absolute Gasteiger partial charge is 0.237 e. The molecule has 260 valence electrons. The molecule has 1 N–H and O–H groups in total. The molecule has 1 aromatic heterocycles. The van der Waals surface area contributed by atoms with Crippen LogP contribution in [0.5, 0.6) is 17.2 Å². The van der Waals surface area contributed by atoms with Gasteiger partial charge in [-0.05, 0) is 85.4 Å². The molecule has 4 heterocycles. The van der Waals surface area contributed by atoms with Crippen LogP contribution in [0.25, 0.3) is 0 Å². The molecule has 3 aromatic rings. The number of rotatable bonds is 10. The molecular weight excluding hydrogens is 624 g/mol. The average molecular weight is 671 g/mol. The highest BCUT2D eigenvalue weighted by molar-refractivity contribution is 5.97. The van der Waals surface area contributed by atoms with Crippen LogP contribution in [0.15, 0.2) is 48.8 Å². The minimum Gasteiger partial charge on any atom is -0.508 e. The van der Waals surface area contributed by atoms with Crippen molar-refractivity contribution >= 4 is 23.5 Å². The van der Waals surface area contributed by atoms with Crippen molar-refractivity contribution in [3.8, 4) is 17.2 Å². The number of nitrogens with zero attached hydrogens (tertiary/aromatic N) is 6. The zero-order valence-corrected chi connectivity index (χ0v) is 28.6. The minimum absolute atomic E-state index is 0.0397. The number of phenolic OH excluding ortho intramolecular Hbond substituents is 1. The molecule has 2 amide bonds. The molecule has 2 saturated heterocycles. The zero-order chi connectivity index (χ0) is 34.1. The Kier molecular flexibility index (Phi) is 9.59. The first-order chi connectivity index (χ1) is 23.8. The Morgan fingerprint density at radius 2 is 1.80 bits per heavy atom. The van der Waals surface area contributed by atoms with Crippen LogP contribution in [-0.4, -0.2) is 103 Å². The summed E-state index contributed by atoms with van der Waals surface area (Å²) in [6, 6.07) is 10.7. The summed E-state index contributed by atoms with van der Waals surface area (Å²) in [5.41, 5.74) is 2.57. The lowest BCUT2D eigenvalue weighted by molar-refractivity contribution is -0.125. The summed E-state index contributed by atoms with van der Waals surface area (Å²) in [6.45, 7) is 3.29. The van der Waals surface area contributed by atoms with E-state index in [1.807, 2.05) is 43.3 Å². The van der Waals surface area contributed by atoms with Crippen LogP contribution in [0.3, 0.4) is 0 Å². The molecule has 3 aliphatic heterocycles. The number of hydrogen-bond acceptors (Lipinski definition) is 10. The minimum atomic E-state index is -0.522. The van der Waals surface area contributed by atoms with Gasteiger partial charge in [-0.15, -0.1) is 0 Å². The molecular formula is C37H46N6O6. The molecule has 4 aliphatic rings. The molecule has 2 atom stereocenters. The maximum Gasteiger partial charge on any atom is 0.237 e. The molecule has 3 fully saturated rings. The van der Waals surface area contributed by atoms with E-state index in [-0.39, 0.29) is 30.1 Å². The predicted molar refractivity (Wildman–Crippen MR) is 184 cm³/mol. The van der Waals surface area contributed by atoms with Gasteiger partial charge in [0, 0.05) is 33.3 Å². The van der Waals surface area contributed by atoms with Crippen LogP contribution in [-0.2, 0) is 20.7 Å². The standard InChI is InChI=1S/C37H46N6O6/c1-40(20-24-6-10-27(11-7-24)42-21-36(46)41(2)23-42)33-18-39-34(19-38-33)43-35(45)16-26-15-31(47-3)32(49-22-29-5-4-14-48-29)17-30(26)37(43)25-8-12-28(44)13-9-25/h8-9,12-13,15,17-19,24,27,29,37,44H,4-7,10-11,14,16,20-23H2,1-3H3. The van der Waals surface area contributed by atoms with E-state index in [1.165, 1.54) is 0 Å². The van der Waals surface area contributed by atoms with Gasteiger partial charge in [0.15, 0.2) is 17.3 Å². The predicted octanol–water partition coefficient (Wildman–Crippen LogP) is 4.15. The molecule has 2 unspecified atom stereocenters. The first kappa shape index (κ1) is 33.1. The van der Waals surface area contributed by atoms with Crippen LogP contribution in [0, 0.1) is 5.92 Å². The number of hydrogen-bond donors (Lipinski definition) is 1. The van der Waals surface area contributed by atoms with Gasteiger partial charge in [0.05, 0.1) is 51.3 Å². The molecule has 1 aliphatic carbocycles. The van der Waals surface area contributed by atoms with Crippen LogP contribution in [0.1, 0.15) is 61.3 Å². The molecule has 12 nitrogen and oxygen atoms in total. The van der Waals surface area contributed by atoms with Gasteiger partial charge in [-0.25, -0.2) is 9.97 Å². The molecule has 0 bridgehead atoms. The maximum absolute atomic E-state index is 13.9. The van der Waals surface area contributed by atoms with Gasteiger partial charge in [-0.1, -0.05) is 12.1 Å². The molecule has 0 spiro atoms. The van der Waals surface area contributed by atoms with Gasteiger partial charge >= 0.3 is 0 Å². The number of carbonyl (C=O) groups is 2. The van der Waals surface area contributed by atoms with E-state index in [9.17, 15) is 14.7 Å². The van der Waals surface area contributed by atoms with Crippen LogP contribution in [0.4, 0.5) is 11.6 Å². The van der Waals surface area contributed by atoms with E-state index in [0.717, 1.165) is 80.9 Å². The van der Waals surface area contributed by atoms with E-state index in [4.69, 9.17) is 24.2 Å². The summed E-state index contributed by atoms with van der Waals surface area (Å²) >= 11 is 0. The number of aromatic nitrogens is 2. The number of benzene rings is 2. The number of amides is 2. The van der Waals surface area contributed by atoms with Crippen molar-refractivity contribution in [3.05, 3.63) is 65.5 Å². The van der Waals surface area contributed by atoms with Crippen molar-refractivity contribution in [2.24, 2.45) is 5.92 Å². The van der Waals surface area contributed by atoms with Crippen LogP contribution < -0.4 is 19.3 Å². The Bertz CT molecular complexity index is 1640. The number of carbonyl (C=O) groups excluding carboxylic acids is 2. The third kappa shape index (κ3) is 7.02. The van der Waals surface area contributed by atoms with Gasteiger partial charge in [0.25, 0.3) is 0 Å². The van der Waals surface area contributed by atoms with Crippen LogP contribution >= 0.6 is 0 Å². The zero-order valence-electron chi connectivity index (χ0n) is 28.6. The first-order valence-corrected chi connectivity index (χ1v) is 17.3. The third-order valence-electron chi connectivity index (χ3n) is 10.5. The monoisotopic (exact) mass is 670 g/mol. The maximum atomic E-state index is 13.9. The Morgan fingerprint density at radius 3 is 2.45 bits per heavy atom. The normalized spacial score (nSPS) is 24.3. The second-order valence-corrected chi connectivity index (χ2v) is 13.9. The number of anilines is 2. The summed E-state index contributed by atoms with van der Waals surface area (Å²) in [4.78, 5) is 43.5. The highest BCUT2D eigenvalue weighted by Crippen LogP contribution is 2.43. The Morgan fingerprint density at radius 1 is 1.00 bits per heavy atom. The second kappa shape index (κ2) is 14.2. The van der Waals surface area contributed by atoms with Gasteiger partial charge in [0.1, 0.15) is 18.2 Å². The Labute approximate surface area is 287 Å². The number of likely N-dealkylation sites (N-methyl/N-ethyl adjacent to an activating group) is 1. The lowest BCUT2D eigenvalue weighted by Crippen LogP contribution is -2.41. The van der Waals surface area contributed by atoms with Crippen molar-refractivity contribution < 1.29 is 28.9 Å². The number of aromatic hydroxyl groups is 1. The van der Waals surface area contributed by atoms with E-state index < -0.39 is 6.04 Å². The fourth-order valence-electron chi connectivity index (χ4n) is 7.78. The summed E-state index contributed by atoms with van der Waals surface area (Å²) in [5, 5.41) is 10.1. The lowest BCUT2D eigenvalue weighted by atomic mass is 9.85. The summed E-state index contributed by atoms with van der Waals surface area (Å²) in [6.07, 6.45) is 10.0. The molecule has 2 aromatic carbocycles. The third-order valence-corrected chi connectivity index (χ3v) is 10.5. The first-order valence-electron chi connectivity index (χ1n) is 17.3. The van der Waals surface area contributed by atoms with Gasteiger partial charge in [0.2, 0.25) is 11.8 Å².